The Morgan fingerprint density at radius 1 is 0.913 bits per heavy atom. The van der Waals surface area contributed by atoms with Gasteiger partial charge in [-0.25, -0.2) is 0 Å². The van der Waals surface area contributed by atoms with Crippen LogP contribution in [0.4, 0.5) is 0 Å². The summed E-state index contributed by atoms with van der Waals surface area (Å²) in [5.74, 6) is 0.320. The van der Waals surface area contributed by atoms with Crippen LogP contribution in [0.15, 0.2) is 35.2 Å². The van der Waals surface area contributed by atoms with Crippen molar-refractivity contribution in [2.75, 3.05) is 12.3 Å². The van der Waals surface area contributed by atoms with E-state index in [2.05, 4.69) is 0 Å². The zero-order chi connectivity index (χ0) is 14.5. The van der Waals surface area contributed by atoms with Gasteiger partial charge in [0.05, 0.1) is 5.52 Å². The minimum atomic E-state index is -5.52. The van der Waals surface area contributed by atoms with E-state index in [-0.39, 0.29) is 125 Å². The van der Waals surface area contributed by atoms with Crippen LogP contribution in [0.5, 0.6) is 0 Å². The smallest absolute Gasteiger partial charge is 0.809 e. The Balaban J connectivity index is -0.000000451. The quantitative estimate of drug-likeness (QED) is 0.201. The maximum Gasteiger partial charge on any atom is 1.00 e. The molecule has 0 unspecified atom stereocenters. The minimum absolute atomic E-state index is 0. The number of hydrogen-bond donors (Lipinski definition) is 1. The fraction of sp³-hybridized carbons (Fsp3) is 0.333. The van der Waals surface area contributed by atoms with Crippen molar-refractivity contribution in [3.8, 4) is 0 Å². The standard InChI is InChI=1S/C9H15NO6P2S.4Na/c11-17(12,13)9(18(14,15)16)10-6-7-19-8-4-2-1-3-5-8;;;;/h1-5,9-10H,6-7H2,(H2,11,12,13)(H2,14,15,16);;;;/q;4*+1/p-4. The second-order valence-corrected chi connectivity index (χ2v) is 8.34. The van der Waals surface area contributed by atoms with Crippen LogP contribution in [-0.4, -0.2) is 17.8 Å². The largest absolute Gasteiger partial charge is 1.00 e. The van der Waals surface area contributed by atoms with E-state index < -0.39 is 20.7 Å². The Hall–Kier alpha value is 3.83. The molecule has 108 valence electrons. The normalized spacial score (nSPS) is 10.7. The van der Waals surface area contributed by atoms with E-state index in [1.165, 1.54) is 11.8 Å². The van der Waals surface area contributed by atoms with Gasteiger partial charge in [-0.3, -0.25) is 0 Å². The summed E-state index contributed by atoms with van der Waals surface area (Å²) in [5.41, 5.74) is -2.59. The minimum Gasteiger partial charge on any atom is -0.809 e. The van der Waals surface area contributed by atoms with Crippen molar-refractivity contribution in [2.45, 2.75) is 10.4 Å². The Kier molecular flexibility index (Phi) is 25.0. The summed E-state index contributed by atoms with van der Waals surface area (Å²) in [5, 5.41) is 1.97. The summed E-state index contributed by atoms with van der Waals surface area (Å²) in [6, 6.07) is 9.09. The molecule has 1 rings (SSSR count). The number of nitrogens with one attached hydrogen (secondary N) is 1. The summed E-state index contributed by atoms with van der Waals surface area (Å²) in [4.78, 5) is 43.6. The first-order valence-corrected chi connectivity index (χ1v) is 9.37. The molecular formula is C9H11NNa4O6P2S. The summed E-state index contributed by atoms with van der Waals surface area (Å²) in [6.45, 7) is -0.0901. The SMILES string of the molecule is O=P([O-])([O-])C(NCCSc1ccccc1)P(=O)([O-])[O-].[Na+].[Na+].[Na+].[Na+]. The molecule has 14 heteroatoms. The molecule has 1 aromatic rings. The molecule has 0 radical (unpaired) electrons. The first-order valence-electron chi connectivity index (χ1n) is 5.16. The molecule has 7 nitrogen and oxygen atoms in total. The van der Waals surface area contributed by atoms with Gasteiger partial charge in [-0.2, -0.15) is 0 Å². The summed E-state index contributed by atoms with van der Waals surface area (Å²) >= 11 is 1.33. The number of thioether (sulfide) groups is 1. The van der Waals surface area contributed by atoms with Gasteiger partial charge in [-0.1, -0.05) is 18.2 Å². The predicted octanol–water partition coefficient (Wildman–Crippen LogP) is -13.5. The Morgan fingerprint density at radius 3 is 1.74 bits per heavy atom. The first kappa shape index (κ1) is 34.3. The number of rotatable bonds is 7. The molecule has 0 fully saturated rings. The van der Waals surface area contributed by atoms with Crippen molar-refractivity contribution in [3.63, 3.8) is 0 Å². The van der Waals surface area contributed by atoms with Gasteiger partial charge in [0.15, 0.2) is 0 Å². The fourth-order valence-corrected chi connectivity index (χ4v) is 4.17. The molecule has 0 amide bonds. The van der Waals surface area contributed by atoms with E-state index in [1.54, 1.807) is 0 Å². The fourth-order valence-electron chi connectivity index (χ4n) is 1.27. The van der Waals surface area contributed by atoms with E-state index in [0.717, 1.165) is 4.90 Å². The van der Waals surface area contributed by atoms with Gasteiger partial charge in [-0.05, 0) is 27.3 Å². The molecule has 0 bridgehead atoms. The van der Waals surface area contributed by atoms with Crippen LogP contribution in [-0.2, 0) is 9.13 Å². The van der Waals surface area contributed by atoms with Crippen LogP contribution in [0.2, 0.25) is 0 Å². The Bertz CT molecular complexity index is 480. The Morgan fingerprint density at radius 2 is 1.35 bits per heavy atom. The van der Waals surface area contributed by atoms with Crippen LogP contribution < -0.4 is 143 Å². The van der Waals surface area contributed by atoms with Crippen molar-refractivity contribution in [1.29, 1.82) is 0 Å². The summed E-state index contributed by atoms with van der Waals surface area (Å²) in [7, 11) is -11.0. The van der Waals surface area contributed by atoms with Crippen LogP contribution in [0, 0.1) is 0 Å². The topological polar surface area (TPSA) is 138 Å². The van der Waals surface area contributed by atoms with E-state index >= 15 is 0 Å². The van der Waals surface area contributed by atoms with Crippen molar-refractivity contribution in [2.24, 2.45) is 0 Å². The van der Waals surface area contributed by atoms with Gasteiger partial charge < -0.3 is 34.0 Å². The third-order valence-electron chi connectivity index (χ3n) is 2.04. The summed E-state index contributed by atoms with van der Waals surface area (Å²) in [6.07, 6.45) is 0. The van der Waals surface area contributed by atoms with Gasteiger partial charge in [0.1, 0.15) is 0 Å². The van der Waals surface area contributed by atoms with Gasteiger partial charge in [0.2, 0.25) is 0 Å². The van der Waals surface area contributed by atoms with Crippen LogP contribution >= 0.6 is 27.0 Å². The molecule has 1 aromatic carbocycles. The molecule has 0 spiro atoms. The van der Waals surface area contributed by atoms with Crippen molar-refractivity contribution in [1.82, 2.24) is 5.32 Å². The second kappa shape index (κ2) is 16.8. The molecule has 23 heavy (non-hydrogen) atoms. The molecule has 0 aliphatic carbocycles. The maximum absolute atomic E-state index is 10.7. The van der Waals surface area contributed by atoms with Gasteiger partial charge >= 0.3 is 118 Å². The first-order chi connectivity index (χ1) is 8.71. The Labute approximate surface area is 228 Å². The third-order valence-corrected chi connectivity index (χ3v) is 6.31. The van der Waals surface area contributed by atoms with Crippen molar-refractivity contribution >= 4 is 27.0 Å². The maximum atomic E-state index is 10.7. The van der Waals surface area contributed by atoms with Crippen molar-refractivity contribution in [3.05, 3.63) is 30.3 Å². The predicted molar refractivity (Wildman–Crippen MR) is 64.2 cm³/mol. The average Bonchev–Trinajstić information content (AvgIpc) is 2.26. The van der Waals surface area contributed by atoms with Gasteiger partial charge in [0, 0.05) is 17.2 Å². The monoisotopic (exact) mass is 415 g/mol. The zero-order valence-electron chi connectivity index (χ0n) is 13.6. The van der Waals surface area contributed by atoms with E-state index in [9.17, 15) is 28.7 Å². The van der Waals surface area contributed by atoms with Crippen LogP contribution in [0.25, 0.3) is 0 Å². The molecule has 0 atom stereocenters. The third kappa shape index (κ3) is 15.4. The molecule has 0 aliphatic heterocycles. The van der Waals surface area contributed by atoms with E-state index in [1.807, 2.05) is 35.6 Å². The molecule has 0 heterocycles. The second-order valence-electron chi connectivity index (χ2n) is 3.57. The molecular weight excluding hydrogens is 404 g/mol. The van der Waals surface area contributed by atoms with Crippen LogP contribution in [0.3, 0.4) is 0 Å². The van der Waals surface area contributed by atoms with Gasteiger partial charge in [-0.15, -0.1) is 11.8 Å². The molecule has 0 aliphatic rings. The van der Waals surface area contributed by atoms with Crippen molar-refractivity contribution < 1.29 is 147 Å². The summed E-state index contributed by atoms with van der Waals surface area (Å²) < 4.78 is 21.3. The molecule has 1 N–H and O–H groups in total. The average molecular weight is 415 g/mol. The zero-order valence-corrected chi connectivity index (χ0v) is 24.2. The molecule has 0 saturated carbocycles. The van der Waals surface area contributed by atoms with E-state index in [4.69, 9.17) is 0 Å². The number of benzene rings is 1. The van der Waals surface area contributed by atoms with E-state index in [0.29, 0.717) is 5.75 Å². The molecule has 0 saturated heterocycles. The van der Waals surface area contributed by atoms with Gasteiger partial charge in [0.25, 0.3) is 0 Å². The number of hydrogen-bond acceptors (Lipinski definition) is 8. The van der Waals surface area contributed by atoms with Crippen LogP contribution in [0.1, 0.15) is 0 Å². The molecule has 0 aromatic heterocycles.